The lowest BCUT2D eigenvalue weighted by Crippen LogP contribution is -2.60. The van der Waals surface area contributed by atoms with Gasteiger partial charge < -0.3 is 5.32 Å². The van der Waals surface area contributed by atoms with Crippen LogP contribution < -0.4 is 5.32 Å². The summed E-state index contributed by atoms with van der Waals surface area (Å²) in [5, 5.41) is 3.70. The van der Waals surface area contributed by atoms with Gasteiger partial charge in [0.25, 0.3) is 0 Å². The van der Waals surface area contributed by atoms with Crippen LogP contribution in [0.1, 0.15) is 60.8 Å². The molecule has 0 fully saturated rings. The van der Waals surface area contributed by atoms with Gasteiger partial charge in [-0.3, -0.25) is 4.90 Å². The molecule has 0 heterocycles. The molecule has 2 heteroatoms. The highest BCUT2D eigenvalue weighted by Gasteiger charge is 2.39. The van der Waals surface area contributed by atoms with Gasteiger partial charge in [0.15, 0.2) is 0 Å². The summed E-state index contributed by atoms with van der Waals surface area (Å²) >= 11 is 0. The largest absolute Gasteiger partial charge is 0.312 e. The minimum Gasteiger partial charge on any atom is -0.312 e. The van der Waals surface area contributed by atoms with E-state index in [0.29, 0.717) is 6.04 Å². The first-order chi connectivity index (χ1) is 8.52. The van der Waals surface area contributed by atoms with E-state index in [0.717, 1.165) is 26.1 Å². The van der Waals surface area contributed by atoms with E-state index in [1.807, 2.05) is 0 Å². The predicted octanol–water partition coefficient (Wildman–Crippen LogP) is 3.83. The zero-order valence-corrected chi connectivity index (χ0v) is 13.5. The zero-order valence-electron chi connectivity index (χ0n) is 13.5. The van der Waals surface area contributed by atoms with Gasteiger partial charge >= 0.3 is 0 Å². The van der Waals surface area contributed by atoms with Crippen molar-refractivity contribution in [2.24, 2.45) is 0 Å². The van der Waals surface area contributed by atoms with Crippen LogP contribution in [0.2, 0.25) is 0 Å². The third-order valence-electron chi connectivity index (χ3n) is 4.27. The van der Waals surface area contributed by atoms with E-state index in [2.05, 4.69) is 58.3 Å². The van der Waals surface area contributed by atoms with Gasteiger partial charge in [-0.25, -0.2) is 0 Å². The molecule has 0 aliphatic heterocycles. The molecule has 0 aromatic rings. The van der Waals surface area contributed by atoms with Crippen LogP contribution >= 0.6 is 0 Å². The third kappa shape index (κ3) is 4.10. The predicted molar refractivity (Wildman–Crippen MR) is 83.1 cm³/mol. The molecule has 0 aromatic heterocycles. The second-order valence-corrected chi connectivity index (χ2v) is 5.25. The van der Waals surface area contributed by atoms with Crippen molar-refractivity contribution in [1.29, 1.82) is 0 Å². The zero-order chi connectivity index (χ0) is 14.2. The lowest BCUT2D eigenvalue weighted by Gasteiger charge is -2.48. The first-order valence-corrected chi connectivity index (χ1v) is 7.64. The maximum Gasteiger partial charge on any atom is 0.0360 e. The molecule has 0 aliphatic rings. The van der Waals surface area contributed by atoms with Gasteiger partial charge in [-0.05, 0) is 45.8 Å². The standard InChI is InChI=1S/C16H34N2/c1-8-16(9-2,18(11-4)12-5)15(17-10-3)13-14(6)7/h15,17H,6,8-13H2,1-5,7H3. The maximum absolute atomic E-state index is 4.11. The van der Waals surface area contributed by atoms with Crippen molar-refractivity contribution in [3.05, 3.63) is 12.2 Å². The minimum atomic E-state index is 0.262. The summed E-state index contributed by atoms with van der Waals surface area (Å²) in [5.74, 6) is 0. The Bertz CT molecular complexity index is 227. The van der Waals surface area contributed by atoms with Gasteiger partial charge in [0, 0.05) is 11.6 Å². The van der Waals surface area contributed by atoms with Crippen LogP contribution in [0, 0.1) is 0 Å². The van der Waals surface area contributed by atoms with Crippen molar-refractivity contribution in [2.75, 3.05) is 19.6 Å². The molecule has 108 valence electrons. The molecule has 0 bridgehead atoms. The van der Waals surface area contributed by atoms with Crippen LogP contribution in [0.4, 0.5) is 0 Å². The summed E-state index contributed by atoms with van der Waals surface area (Å²) in [6.45, 7) is 20.9. The highest BCUT2D eigenvalue weighted by atomic mass is 15.2. The number of rotatable bonds is 10. The topological polar surface area (TPSA) is 15.3 Å². The highest BCUT2D eigenvalue weighted by Crippen LogP contribution is 2.31. The summed E-state index contributed by atoms with van der Waals surface area (Å²) in [7, 11) is 0. The van der Waals surface area contributed by atoms with Crippen molar-refractivity contribution < 1.29 is 0 Å². The summed E-state index contributed by atoms with van der Waals surface area (Å²) in [4.78, 5) is 2.63. The molecule has 1 N–H and O–H groups in total. The Morgan fingerprint density at radius 2 is 1.61 bits per heavy atom. The number of nitrogens with one attached hydrogen (secondary N) is 1. The molecule has 1 unspecified atom stereocenters. The molecule has 0 amide bonds. The quantitative estimate of drug-likeness (QED) is 0.596. The Balaban J connectivity index is 5.26. The summed E-state index contributed by atoms with van der Waals surface area (Å²) in [6, 6.07) is 0.509. The van der Waals surface area contributed by atoms with Crippen LogP contribution in [0.25, 0.3) is 0 Å². The molecule has 0 aromatic carbocycles. The van der Waals surface area contributed by atoms with E-state index in [9.17, 15) is 0 Å². The Morgan fingerprint density at radius 1 is 1.11 bits per heavy atom. The Kier molecular flexibility index (Phi) is 8.54. The first kappa shape index (κ1) is 17.7. The smallest absolute Gasteiger partial charge is 0.0360 e. The molecule has 0 aliphatic carbocycles. The molecular weight excluding hydrogens is 220 g/mol. The molecule has 0 saturated carbocycles. The second kappa shape index (κ2) is 8.71. The van der Waals surface area contributed by atoms with Crippen molar-refractivity contribution in [3.8, 4) is 0 Å². The summed E-state index contributed by atoms with van der Waals surface area (Å²) in [5.41, 5.74) is 1.54. The lowest BCUT2D eigenvalue weighted by atomic mass is 9.79. The normalized spacial score (nSPS) is 13.9. The van der Waals surface area contributed by atoms with Gasteiger partial charge in [0.05, 0.1) is 0 Å². The van der Waals surface area contributed by atoms with Crippen LogP contribution in [0.15, 0.2) is 12.2 Å². The van der Waals surface area contributed by atoms with E-state index in [1.165, 1.54) is 18.4 Å². The van der Waals surface area contributed by atoms with Gasteiger partial charge in [-0.15, -0.1) is 6.58 Å². The highest BCUT2D eigenvalue weighted by molar-refractivity contribution is 5.05. The average molecular weight is 254 g/mol. The summed E-state index contributed by atoms with van der Waals surface area (Å²) < 4.78 is 0. The van der Waals surface area contributed by atoms with Gasteiger partial charge in [0.2, 0.25) is 0 Å². The Hall–Kier alpha value is -0.340. The van der Waals surface area contributed by atoms with E-state index < -0.39 is 0 Å². The van der Waals surface area contributed by atoms with Gasteiger partial charge in [0.1, 0.15) is 0 Å². The number of nitrogens with zero attached hydrogens (tertiary/aromatic N) is 1. The maximum atomic E-state index is 4.11. The molecular formula is C16H34N2. The van der Waals surface area contributed by atoms with Crippen molar-refractivity contribution in [2.45, 2.75) is 72.4 Å². The molecule has 18 heavy (non-hydrogen) atoms. The molecule has 2 nitrogen and oxygen atoms in total. The minimum absolute atomic E-state index is 0.262. The number of likely N-dealkylation sites (N-methyl/N-ethyl adjacent to an activating group) is 2. The third-order valence-corrected chi connectivity index (χ3v) is 4.27. The van der Waals surface area contributed by atoms with E-state index in [4.69, 9.17) is 0 Å². The molecule has 0 rings (SSSR count). The molecule has 0 radical (unpaired) electrons. The number of hydrogen-bond acceptors (Lipinski definition) is 2. The number of hydrogen-bond donors (Lipinski definition) is 1. The Morgan fingerprint density at radius 3 is 1.89 bits per heavy atom. The van der Waals surface area contributed by atoms with E-state index in [1.54, 1.807) is 0 Å². The van der Waals surface area contributed by atoms with Crippen LogP contribution in [0.3, 0.4) is 0 Å². The van der Waals surface area contributed by atoms with E-state index in [-0.39, 0.29) is 5.54 Å². The second-order valence-electron chi connectivity index (χ2n) is 5.25. The van der Waals surface area contributed by atoms with Crippen LogP contribution in [0.5, 0.6) is 0 Å². The average Bonchev–Trinajstić information content (AvgIpc) is 2.35. The fourth-order valence-electron chi connectivity index (χ4n) is 3.31. The van der Waals surface area contributed by atoms with Gasteiger partial charge in [-0.2, -0.15) is 0 Å². The fraction of sp³-hybridized carbons (Fsp3) is 0.875. The molecule has 1 atom stereocenters. The van der Waals surface area contributed by atoms with E-state index >= 15 is 0 Å². The van der Waals surface area contributed by atoms with Crippen molar-refractivity contribution in [1.82, 2.24) is 10.2 Å². The molecule has 0 spiro atoms. The summed E-state index contributed by atoms with van der Waals surface area (Å²) in [6.07, 6.45) is 3.46. The van der Waals surface area contributed by atoms with Crippen molar-refractivity contribution in [3.63, 3.8) is 0 Å². The SMILES string of the molecule is C=C(C)CC(NCC)C(CC)(CC)N(CC)CC. The monoisotopic (exact) mass is 254 g/mol. The first-order valence-electron chi connectivity index (χ1n) is 7.64. The Labute approximate surface area is 115 Å². The van der Waals surface area contributed by atoms with Crippen LogP contribution in [-0.4, -0.2) is 36.1 Å². The van der Waals surface area contributed by atoms with Gasteiger partial charge in [-0.1, -0.05) is 40.2 Å². The lowest BCUT2D eigenvalue weighted by molar-refractivity contribution is 0.0498. The van der Waals surface area contributed by atoms with Crippen LogP contribution in [-0.2, 0) is 0 Å². The van der Waals surface area contributed by atoms with Crippen molar-refractivity contribution >= 4 is 0 Å². The fourth-order valence-corrected chi connectivity index (χ4v) is 3.31. The molecule has 0 saturated heterocycles.